The fourth-order valence-corrected chi connectivity index (χ4v) is 8.82. The van der Waals surface area contributed by atoms with Gasteiger partial charge >= 0.3 is 5.97 Å². The van der Waals surface area contributed by atoms with E-state index in [1.54, 1.807) is 6.92 Å². The molecule has 0 bridgehead atoms. The van der Waals surface area contributed by atoms with Crippen molar-refractivity contribution >= 4 is 11.8 Å². The maximum Gasteiger partial charge on any atom is 0.303 e. The normalized spacial score (nSPS) is 46.0. The van der Waals surface area contributed by atoms with Crippen LogP contribution in [0.5, 0.6) is 0 Å². The zero-order valence-corrected chi connectivity index (χ0v) is 20.7. The van der Waals surface area contributed by atoms with Crippen LogP contribution in [-0.4, -0.2) is 29.1 Å². The third kappa shape index (κ3) is 3.64. The standard InChI is InChI=1S/C28H42O4/c1-6-21(32-19(3)30)10-15-28-16-11-22-24-8-7-23(18(2)29)26(24,4)13-12-25(22)27(28,5)14-9-20(31)17-28/h20-25,31H,6-9,11-14,16-17H2,1-5H3/t20-,21?,22?,23-,24?,25?,26-,27-,28?/m1/s1. The molecule has 4 aliphatic carbocycles. The van der Waals surface area contributed by atoms with Gasteiger partial charge in [0.2, 0.25) is 0 Å². The van der Waals surface area contributed by atoms with Gasteiger partial charge in [0, 0.05) is 18.3 Å². The Kier molecular flexibility index (Phi) is 6.29. The highest BCUT2D eigenvalue weighted by molar-refractivity contribution is 5.79. The molecule has 0 spiro atoms. The molecule has 0 radical (unpaired) electrons. The summed E-state index contributed by atoms with van der Waals surface area (Å²) >= 11 is 0. The van der Waals surface area contributed by atoms with Gasteiger partial charge in [0.15, 0.2) is 6.10 Å². The number of aliphatic hydroxyl groups excluding tert-OH is 1. The number of Topliss-reactive ketones (excluding diaryl/α,β-unsaturated/α-hetero) is 1. The maximum absolute atomic E-state index is 12.4. The molecule has 4 fully saturated rings. The van der Waals surface area contributed by atoms with E-state index in [0.29, 0.717) is 30.0 Å². The van der Waals surface area contributed by atoms with Crippen LogP contribution in [0.15, 0.2) is 0 Å². The van der Waals surface area contributed by atoms with E-state index in [2.05, 4.69) is 25.7 Å². The summed E-state index contributed by atoms with van der Waals surface area (Å²) in [6.45, 7) is 10.1. The van der Waals surface area contributed by atoms with E-state index in [4.69, 9.17) is 4.74 Å². The molecule has 9 atom stereocenters. The molecule has 4 saturated carbocycles. The van der Waals surface area contributed by atoms with Gasteiger partial charge in [0.05, 0.1) is 6.10 Å². The molecule has 0 aromatic carbocycles. The van der Waals surface area contributed by atoms with E-state index >= 15 is 0 Å². The Morgan fingerprint density at radius 1 is 1.03 bits per heavy atom. The van der Waals surface area contributed by atoms with Crippen LogP contribution < -0.4 is 0 Å². The van der Waals surface area contributed by atoms with Gasteiger partial charge in [-0.3, -0.25) is 9.59 Å². The lowest BCUT2D eigenvalue weighted by atomic mass is 9.40. The molecular formula is C28H42O4. The first-order chi connectivity index (χ1) is 15.1. The first-order valence-corrected chi connectivity index (χ1v) is 12.9. The van der Waals surface area contributed by atoms with Gasteiger partial charge in [-0.1, -0.05) is 32.6 Å². The van der Waals surface area contributed by atoms with Crippen molar-refractivity contribution < 1.29 is 19.4 Å². The number of carbonyl (C=O) groups excluding carboxylic acids is 2. The van der Waals surface area contributed by atoms with Gasteiger partial charge in [0.1, 0.15) is 5.78 Å². The minimum atomic E-state index is -0.372. The average Bonchev–Trinajstić information content (AvgIpc) is 3.09. The van der Waals surface area contributed by atoms with Crippen LogP contribution in [0, 0.1) is 51.8 Å². The van der Waals surface area contributed by atoms with Crippen molar-refractivity contribution in [2.75, 3.05) is 0 Å². The molecular weight excluding hydrogens is 400 g/mol. The van der Waals surface area contributed by atoms with E-state index in [9.17, 15) is 14.7 Å². The van der Waals surface area contributed by atoms with Crippen LogP contribution in [0.3, 0.4) is 0 Å². The second-order valence-corrected chi connectivity index (χ2v) is 11.9. The average molecular weight is 443 g/mol. The Morgan fingerprint density at radius 2 is 1.78 bits per heavy atom. The van der Waals surface area contributed by atoms with Gasteiger partial charge in [-0.2, -0.15) is 0 Å². The topological polar surface area (TPSA) is 63.6 Å². The van der Waals surface area contributed by atoms with Crippen LogP contribution in [0.1, 0.15) is 98.8 Å². The SMILES string of the molecule is CCC(C#CC12CCC3C4CC[C@H](C(C)=O)[C@@]4(C)CCC3[C@@]1(C)CC[C@@H](O)C2)OC(C)=O. The van der Waals surface area contributed by atoms with Crippen molar-refractivity contribution in [3.05, 3.63) is 0 Å². The number of aliphatic hydroxyl groups is 1. The summed E-state index contributed by atoms with van der Waals surface area (Å²) in [7, 11) is 0. The highest BCUT2D eigenvalue weighted by atomic mass is 16.5. The van der Waals surface area contributed by atoms with Gasteiger partial charge < -0.3 is 9.84 Å². The molecule has 178 valence electrons. The van der Waals surface area contributed by atoms with Crippen LogP contribution in [-0.2, 0) is 14.3 Å². The number of fused-ring (bicyclic) bond motifs is 5. The Hall–Kier alpha value is -1.34. The molecule has 0 aromatic rings. The third-order valence-electron chi connectivity index (χ3n) is 10.5. The fraction of sp³-hybridized carbons (Fsp3) is 0.857. The maximum atomic E-state index is 12.4. The number of hydrogen-bond acceptors (Lipinski definition) is 4. The van der Waals surface area contributed by atoms with Gasteiger partial charge in [-0.15, -0.1) is 0 Å². The lowest BCUT2D eigenvalue weighted by Crippen LogP contribution is -2.59. The molecule has 0 saturated heterocycles. The van der Waals surface area contributed by atoms with Crippen LogP contribution in [0.4, 0.5) is 0 Å². The van der Waals surface area contributed by atoms with E-state index < -0.39 is 0 Å². The summed E-state index contributed by atoms with van der Waals surface area (Å²) in [5.41, 5.74) is 0.00385. The molecule has 4 aliphatic rings. The number of ketones is 1. The first kappa shape index (κ1) is 23.8. The second kappa shape index (κ2) is 8.46. The van der Waals surface area contributed by atoms with E-state index in [0.717, 1.165) is 44.9 Å². The van der Waals surface area contributed by atoms with Crippen molar-refractivity contribution in [2.24, 2.45) is 39.9 Å². The molecule has 4 heteroatoms. The minimum absolute atomic E-state index is 0.0618. The number of carbonyl (C=O) groups is 2. The smallest absolute Gasteiger partial charge is 0.303 e. The summed E-state index contributed by atoms with van der Waals surface area (Å²) in [5, 5.41) is 10.7. The molecule has 5 unspecified atom stereocenters. The third-order valence-corrected chi connectivity index (χ3v) is 10.5. The Labute approximate surface area is 194 Å². The molecule has 0 heterocycles. The second-order valence-electron chi connectivity index (χ2n) is 11.9. The van der Waals surface area contributed by atoms with Crippen molar-refractivity contribution in [1.29, 1.82) is 0 Å². The number of ether oxygens (including phenoxy) is 1. The number of esters is 1. The monoisotopic (exact) mass is 442 g/mol. The van der Waals surface area contributed by atoms with E-state index in [1.807, 2.05) is 6.92 Å². The molecule has 0 aromatic heterocycles. The minimum Gasteiger partial charge on any atom is -0.449 e. The summed E-state index contributed by atoms with van der Waals surface area (Å²) < 4.78 is 5.43. The molecule has 4 nitrogen and oxygen atoms in total. The molecule has 32 heavy (non-hydrogen) atoms. The summed E-state index contributed by atoms with van der Waals surface area (Å²) in [5.74, 6) is 9.19. The Morgan fingerprint density at radius 3 is 2.44 bits per heavy atom. The lowest BCUT2D eigenvalue weighted by molar-refractivity contribution is -0.156. The largest absolute Gasteiger partial charge is 0.449 e. The van der Waals surface area contributed by atoms with Crippen LogP contribution in [0.2, 0.25) is 0 Å². The van der Waals surface area contributed by atoms with E-state index in [1.165, 1.54) is 19.8 Å². The molecule has 0 amide bonds. The van der Waals surface area contributed by atoms with Gasteiger partial charge in [-0.05, 0) is 99.7 Å². The van der Waals surface area contributed by atoms with E-state index in [-0.39, 0.29) is 40.3 Å². The molecule has 4 rings (SSSR count). The highest BCUT2D eigenvalue weighted by Crippen LogP contribution is 2.70. The quantitative estimate of drug-likeness (QED) is 0.475. The van der Waals surface area contributed by atoms with Crippen molar-refractivity contribution in [3.8, 4) is 11.8 Å². The highest BCUT2D eigenvalue weighted by Gasteiger charge is 2.64. The van der Waals surface area contributed by atoms with Gasteiger partial charge in [-0.25, -0.2) is 0 Å². The number of hydrogen-bond donors (Lipinski definition) is 1. The van der Waals surface area contributed by atoms with Crippen molar-refractivity contribution in [2.45, 2.75) is 111 Å². The zero-order chi connectivity index (χ0) is 23.3. The van der Waals surface area contributed by atoms with Crippen molar-refractivity contribution in [1.82, 2.24) is 0 Å². The first-order valence-electron chi connectivity index (χ1n) is 12.9. The Bertz CT molecular complexity index is 823. The van der Waals surface area contributed by atoms with Crippen molar-refractivity contribution in [3.63, 3.8) is 0 Å². The zero-order valence-electron chi connectivity index (χ0n) is 20.7. The summed E-state index contributed by atoms with van der Waals surface area (Å²) in [6, 6.07) is 0. The predicted octanol–water partition coefficient (Wildman–Crippen LogP) is 5.31. The lowest BCUT2D eigenvalue weighted by Gasteiger charge is -2.64. The Balaban J connectivity index is 1.67. The van der Waals surface area contributed by atoms with Crippen LogP contribution >= 0.6 is 0 Å². The summed E-state index contributed by atoms with van der Waals surface area (Å²) in [4.78, 5) is 23.9. The van der Waals surface area contributed by atoms with Crippen LogP contribution in [0.25, 0.3) is 0 Å². The number of rotatable bonds is 3. The molecule has 1 N–H and O–H groups in total. The van der Waals surface area contributed by atoms with Gasteiger partial charge in [0.25, 0.3) is 0 Å². The molecule has 0 aliphatic heterocycles. The summed E-state index contributed by atoms with van der Waals surface area (Å²) in [6.07, 6.45) is 9.28. The fourth-order valence-electron chi connectivity index (χ4n) is 8.82. The predicted molar refractivity (Wildman–Crippen MR) is 124 cm³/mol.